The third kappa shape index (κ3) is 3.88. The van der Waals surface area contributed by atoms with E-state index in [-0.39, 0.29) is 5.97 Å². The number of cyclic esters (lactones) is 1. The van der Waals surface area contributed by atoms with Crippen molar-refractivity contribution in [3.63, 3.8) is 0 Å². The molecule has 0 saturated carbocycles. The van der Waals surface area contributed by atoms with Gasteiger partial charge in [0.1, 0.15) is 5.60 Å². The Balaban J connectivity index is 1.62. The number of likely N-dealkylation sites (N-methyl/N-ethyl adjacent to an activating group) is 1. The number of carbonyl (C=O) groups excluding carboxylic acids is 1. The number of esters is 1. The van der Waals surface area contributed by atoms with Crippen LogP contribution in [0.3, 0.4) is 0 Å². The van der Waals surface area contributed by atoms with Gasteiger partial charge in [-0.2, -0.15) is 0 Å². The third-order valence-electron chi connectivity index (χ3n) is 5.80. The van der Waals surface area contributed by atoms with Crippen LogP contribution in [0.5, 0.6) is 0 Å². The summed E-state index contributed by atoms with van der Waals surface area (Å²) in [5, 5.41) is 0.690. The number of rotatable bonds is 4. The maximum absolute atomic E-state index is 12.8. The number of fused-ring (bicyclic) bond motifs is 1. The minimum absolute atomic E-state index is 0.231. The highest BCUT2D eigenvalue weighted by molar-refractivity contribution is 6.30. The zero-order chi connectivity index (χ0) is 18.9. The summed E-state index contributed by atoms with van der Waals surface area (Å²) in [7, 11) is 2.16. The van der Waals surface area contributed by atoms with Gasteiger partial charge in [0.15, 0.2) is 0 Å². The van der Waals surface area contributed by atoms with Gasteiger partial charge in [-0.3, -0.25) is 0 Å². The first-order valence-corrected chi connectivity index (χ1v) is 9.92. The van der Waals surface area contributed by atoms with Gasteiger partial charge in [0, 0.05) is 50.6 Å². The molecule has 2 aromatic rings. The van der Waals surface area contributed by atoms with Crippen molar-refractivity contribution in [3.8, 4) is 0 Å². The predicted octanol–water partition coefficient (Wildman–Crippen LogP) is 3.59. The summed E-state index contributed by atoms with van der Waals surface area (Å²) >= 11 is 6.10. The van der Waals surface area contributed by atoms with Crippen LogP contribution in [-0.2, 0) is 16.8 Å². The molecule has 1 atom stereocenters. The number of hydrogen-bond acceptors (Lipinski definition) is 4. The number of ether oxygens (including phenoxy) is 1. The summed E-state index contributed by atoms with van der Waals surface area (Å²) in [5.41, 5.74) is 2.12. The Morgan fingerprint density at radius 2 is 1.74 bits per heavy atom. The Morgan fingerprint density at radius 1 is 1.04 bits per heavy atom. The summed E-state index contributed by atoms with van der Waals surface area (Å²) in [6, 6.07) is 15.5. The zero-order valence-corrected chi connectivity index (χ0v) is 16.4. The second-order valence-corrected chi connectivity index (χ2v) is 8.06. The van der Waals surface area contributed by atoms with E-state index in [9.17, 15) is 4.79 Å². The monoisotopic (exact) mass is 384 g/mol. The van der Waals surface area contributed by atoms with Crippen molar-refractivity contribution in [1.82, 2.24) is 9.80 Å². The van der Waals surface area contributed by atoms with Gasteiger partial charge >= 0.3 is 5.97 Å². The molecule has 1 unspecified atom stereocenters. The molecule has 0 bridgehead atoms. The number of piperazine rings is 1. The Labute approximate surface area is 165 Å². The Bertz CT molecular complexity index is 815. The van der Waals surface area contributed by atoms with Crippen molar-refractivity contribution in [2.75, 3.05) is 39.8 Å². The molecule has 0 radical (unpaired) electrons. The number of benzene rings is 2. The molecule has 27 heavy (non-hydrogen) atoms. The van der Waals surface area contributed by atoms with Crippen molar-refractivity contribution in [3.05, 3.63) is 70.2 Å². The van der Waals surface area contributed by atoms with E-state index in [1.165, 1.54) is 0 Å². The molecule has 0 amide bonds. The molecule has 0 N–H and O–H groups in total. The van der Waals surface area contributed by atoms with Crippen LogP contribution in [0, 0.1) is 0 Å². The topological polar surface area (TPSA) is 32.8 Å². The number of hydrogen-bond donors (Lipinski definition) is 0. The van der Waals surface area contributed by atoms with Gasteiger partial charge in [-0.05, 0) is 36.4 Å². The minimum Gasteiger partial charge on any atom is -0.450 e. The molecule has 0 aliphatic carbocycles. The minimum atomic E-state index is -0.640. The molecule has 2 aliphatic rings. The number of carbonyl (C=O) groups is 1. The lowest BCUT2D eigenvalue weighted by atomic mass is 9.80. The van der Waals surface area contributed by atoms with E-state index in [4.69, 9.17) is 16.3 Å². The van der Waals surface area contributed by atoms with E-state index in [0.717, 1.165) is 50.3 Å². The summed E-state index contributed by atoms with van der Waals surface area (Å²) in [6.07, 6.45) is 1.47. The number of halogens is 1. The van der Waals surface area contributed by atoms with Crippen LogP contribution in [0.25, 0.3) is 0 Å². The fourth-order valence-corrected chi connectivity index (χ4v) is 4.18. The fourth-order valence-electron chi connectivity index (χ4n) is 4.06. The Hall–Kier alpha value is -1.88. The summed E-state index contributed by atoms with van der Waals surface area (Å²) in [5.74, 6) is -0.231. The highest BCUT2D eigenvalue weighted by Gasteiger charge is 2.42. The van der Waals surface area contributed by atoms with Gasteiger partial charge in [0.05, 0.1) is 5.56 Å². The quantitative estimate of drug-likeness (QED) is 0.754. The first-order valence-electron chi connectivity index (χ1n) is 9.54. The number of nitrogens with zero attached hydrogens (tertiary/aromatic N) is 2. The Morgan fingerprint density at radius 3 is 2.48 bits per heavy atom. The molecule has 2 heterocycles. The largest absolute Gasteiger partial charge is 0.450 e. The highest BCUT2D eigenvalue weighted by atomic mass is 35.5. The van der Waals surface area contributed by atoms with E-state index < -0.39 is 5.60 Å². The Kier molecular flexibility index (Phi) is 5.22. The molecule has 2 aromatic carbocycles. The average molecular weight is 385 g/mol. The lowest BCUT2D eigenvalue weighted by Crippen LogP contribution is -2.47. The second kappa shape index (κ2) is 7.63. The van der Waals surface area contributed by atoms with E-state index in [0.29, 0.717) is 17.0 Å². The van der Waals surface area contributed by atoms with Crippen LogP contribution < -0.4 is 0 Å². The van der Waals surface area contributed by atoms with Gasteiger partial charge in [-0.1, -0.05) is 41.9 Å². The van der Waals surface area contributed by atoms with Crippen LogP contribution >= 0.6 is 11.6 Å². The van der Waals surface area contributed by atoms with Gasteiger partial charge < -0.3 is 14.5 Å². The van der Waals surface area contributed by atoms with Gasteiger partial charge in [0.2, 0.25) is 0 Å². The molecule has 1 fully saturated rings. The van der Waals surface area contributed by atoms with E-state index in [1.807, 2.05) is 48.5 Å². The molecule has 5 heteroatoms. The summed E-state index contributed by atoms with van der Waals surface area (Å²) in [4.78, 5) is 17.6. The van der Waals surface area contributed by atoms with Crippen LogP contribution in [0.4, 0.5) is 0 Å². The van der Waals surface area contributed by atoms with Gasteiger partial charge in [-0.25, -0.2) is 4.79 Å². The van der Waals surface area contributed by atoms with Crippen molar-refractivity contribution < 1.29 is 9.53 Å². The molecule has 142 valence electrons. The molecule has 0 spiro atoms. The van der Waals surface area contributed by atoms with Crippen LogP contribution in [0.1, 0.15) is 27.9 Å². The lowest BCUT2D eigenvalue weighted by Gasteiger charge is -2.40. The van der Waals surface area contributed by atoms with E-state index in [1.54, 1.807) is 0 Å². The molecule has 2 aliphatic heterocycles. The van der Waals surface area contributed by atoms with Crippen molar-refractivity contribution in [2.45, 2.75) is 18.4 Å². The van der Waals surface area contributed by atoms with Crippen LogP contribution in [-0.4, -0.2) is 55.5 Å². The third-order valence-corrected chi connectivity index (χ3v) is 6.05. The second-order valence-electron chi connectivity index (χ2n) is 7.62. The molecule has 1 saturated heterocycles. The zero-order valence-electron chi connectivity index (χ0n) is 15.7. The molecular weight excluding hydrogens is 360 g/mol. The predicted molar refractivity (Wildman–Crippen MR) is 107 cm³/mol. The first-order chi connectivity index (χ1) is 13.1. The highest BCUT2D eigenvalue weighted by Crippen LogP contribution is 2.39. The van der Waals surface area contributed by atoms with Crippen molar-refractivity contribution >= 4 is 17.6 Å². The lowest BCUT2D eigenvalue weighted by molar-refractivity contribution is -0.0383. The summed E-state index contributed by atoms with van der Waals surface area (Å²) < 4.78 is 6.12. The van der Waals surface area contributed by atoms with E-state index >= 15 is 0 Å². The SMILES string of the molecule is CN1CCN(CCC2(c3ccc(Cl)cc3)Cc3ccccc3C(=O)O2)CC1. The first kappa shape index (κ1) is 18.5. The molecule has 4 nitrogen and oxygen atoms in total. The van der Waals surface area contributed by atoms with Crippen LogP contribution in [0.2, 0.25) is 5.02 Å². The van der Waals surface area contributed by atoms with Crippen LogP contribution in [0.15, 0.2) is 48.5 Å². The maximum Gasteiger partial charge on any atom is 0.339 e. The average Bonchev–Trinajstić information content (AvgIpc) is 2.68. The smallest absolute Gasteiger partial charge is 0.339 e. The van der Waals surface area contributed by atoms with Crippen molar-refractivity contribution in [2.24, 2.45) is 0 Å². The van der Waals surface area contributed by atoms with Gasteiger partial charge in [-0.15, -0.1) is 0 Å². The normalized spacial score (nSPS) is 23.7. The summed E-state index contributed by atoms with van der Waals surface area (Å²) in [6.45, 7) is 5.18. The van der Waals surface area contributed by atoms with Crippen molar-refractivity contribution in [1.29, 1.82) is 0 Å². The molecule has 0 aromatic heterocycles. The molecular formula is C22H25ClN2O2. The maximum atomic E-state index is 12.8. The fraction of sp³-hybridized carbons (Fsp3) is 0.409. The van der Waals surface area contributed by atoms with Gasteiger partial charge in [0.25, 0.3) is 0 Å². The standard InChI is InChI=1S/C22H25ClN2O2/c1-24-12-14-25(15-13-24)11-10-22(18-6-8-19(23)9-7-18)16-17-4-2-3-5-20(17)21(26)27-22/h2-9H,10-16H2,1H3. The van der Waals surface area contributed by atoms with E-state index in [2.05, 4.69) is 16.8 Å². The molecule has 4 rings (SSSR count).